The van der Waals surface area contributed by atoms with Crippen LogP contribution in [0.15, 0.2) is 52.4 Å². The van der Waals surface area contributed by atoms with E-state index >= 15 is 0 Å². The first-order valence-electron chi connectivity index (χ1n) is 6.25. The average molecular weight is 319 g/mol. The Morgan fingerprint density at radius 3 is 2.81 bits per heavy atom. The molecule has 3 rings (SSSR count). The van der Waals surface area contributed by atoms with Gasteiger partial charge in [-0.3, -0.25) is 4.79 Å². The minimum absolute atomic E-state index is 0.116. The van der Waals surface area contributed by atoms with Crippen LogP contribution in [0.1, 0.15) is 15.4 Å². The molecule has 0 spiro atoms. The molecule has 1 aromatic carbocycles. The third kappa shape index (κ3) is 3.32. The smallest absolute Gasteiger partial charge is 0.261 e. The fourth-order valence-corrected chi connectivity index (χ4v) is 2.58. The summed E-state index contributed by atoms with van der Waals surface area (Å²) in [6.45, 7) is 0.303. The van der Waals surface area contributed by atoms with E-state index in [-0.39, 0.29) is 5.91 Å². The SMILES string of the molecule is O=C(NCc1cc(-c2ccc(Cl)cc2)no1)c1cccs1. The Labute approximate surface area is 130 Å². The zero-order chi connectivity index (χ0) is 14.7. The van der Waals surface area contributed by atoms with E-state index < -0.39 is 0 Å². The van der Waals surface area contributed by atoms with Gasteiger partial charge in [-0.15, -0.1) is 11.3 Å². The second-order valence-electron chi connectivity index (χ2n) is 4.35. The molecular formula is C15H11ClN2O2S. The van der Waals surface area contributed by atoms with Crippen molar-refractivity contribution in [3.63, 3.8) is 0 Å². The van der Waals surface area contributed by atoms with Crippen molar-refractivity contribution in [2.75, 3.05) is 0 Å². The second kappa shape index (κ2) is 6.11. The number of carbonyl (C=O) groups excluding carboxylic acids is 1. The standard InChI is InChI=1S/C15H11ClN2O2S/c16-11-5-3-10(4-6-11)13-8-12(20-18-13)9-17-15(19)14-2-1-7-21-14/h1-8H,9H2,(H,17,19). The van der Waals surface area contributed by atoms with Crippen LogP contribution in [-0.2, 0) is 6.54 Å². The molecule has 3 aromatic rings. The summed E-state index contributed by atoms with van der Waals surface area (Å²) in [4.78, 5) is 12.5. The molecule has 0 saturated heterocycles. The van der Waals surface area contributed by atoms with Crippen LogP contribution in [0.3, 0.4) is 0 Å². The summed E-state index contributed by atoms with van der Waals surface area (Å²) in [5.41, 5.74) is 1.63. The molecule has 0 atom stereocenters. The van der Waals surface area contributed by atoms with Gasteiger partial charge in [0.2, 0.25) is 0 Å². The molecule has 0 radical (unpaired) electrons. The quantitative estimate of drug-likeness (QED) is 0.791. The number of rotatable bonds is 4. The van der Waals surface area contributed by atoms with E-state index in [1.165, 1.54) is 11.3 Å². The summed E-state index contributed by atoms with van der Waals surface area (Å²) in [6, 6.07) is 12.8. The number of hydrogen-bond acceptors (Lipinski definition) is 4. The maximum absolute atomic E-state index is 11.8. The van der Waals surface area contributed by atoms with Crippen LogP contribution >= 0.6 is 22.9 Å². The van der Waals surface area contributed by atoms with E-state index in [0.717, 1.165) is 5.56 Å². The van der Waals surface area contributed by atoms with Crippen molar-refractivity contribution >= 4 is 28.8 Å². The molecule has 0 saturated carbocycles. The first-order valence-corrected chi connectivity index (χ1v) is 7.51. The molecule has 2 aromatic heterocycles. The topological polar surface area (TPSA) is 55.1 Å². The lowest BCUT2D eigenvalue weighted by Gasteiger charge is -1.99. The monoisotopic (exact) mass is 318 g/mol. The van der Waals surface area contributed by atoms with Crippen LogP contribution in [0.5, 0.6) is 0 Å². The molecule has 0 aliphatic rings. The molecule has 0 fully saturated rings. The van der Waals surface area contributed by atoms with Gasteiger partial charge in [-0.25, -0.2) is 0 Å². The van der Waals surface area contributed by atoms with Crippen molar-refractivity contribution < 1.29 is 9.32 Å². The highest BCUT2D eigenvalue weighted by molar-refractivity contribution is 7.12. The van der Waals surface area contributed by atoms with Crippen molar-refractivity contribution in [3.8, 4) is 11.3 Å². The van der Waals surface area contributed by atoms with Gasteiger partial charge in [0.1, 0.15) is 5.69 Å². The predicted octanol–water partition coefficient (Wildman–Crippen LogP) is 3.99. The number of nitrogens with one attached hydrogen (secondary N) is 1. The molecular weight excluding hydrogens is 308 g/mol. The van der Waals surface area contributed by atoms with Crippen molar-refractivity contribution in [2.45, 2.75) is 6.54 Å². The van der Waals surface area contributed by atoms with Crippen molar-refractivity contribution in [2.24, 2.45) is 0 Å². The van der Waals surface area contributed by atoms with Gasteiger partial charge in [0.05, 0.1) is 11.4 Å². The first-order chi connectivity index (χ1) is 10.2. The van der Waals surface area contributed by atoms with E-state index in [2.05, 4.69) is 10.5 Å². The minimum Gasteiger partial charge on any atom is -0.359 e. The van der Waals surface area contributed by atoms with E-state index in [1.54, 1.807) is 24.3 Å². The Morgan fingerprint density at radius 1 is 1.29 bits per heavy atom. The highest BCUT2D eigenvalue weighted by atomic mass is 35.5. The molecule has 0 unspecified atom stereocenters. The number of thiophene rings is 1. The van der Waals surface area contributed by atoms with Crippen molar-refractivity contribution in [1.29, 1.82) is 0 Å². The van der Waals surface area contributed by atoms with Crippen LogP contribution in [0.25, 0.3) is 11.3 Å². The molecule has 1 N–H and O–H groups in total. The number of nitrogens with zero attached hydrogens (tertiary/aromatic N) is 1. The lowest BCUT2D eigenvalue weighted by Crippen LogP contribution is -2.21. The zero-order valence-corrected chi connectivity index (χ0v) is 12.4. The Balaban J connectivity index is 1.65. The molecule has 1 amide bonds. The van der Waals surface area contributed by atoms with Gasteiger partial charge in [-0.1, -0.05) is 35.0 Å². The fourth-order valence-electron chi connectivity index (χ4n) is 1.82. The largest absolute Gasteiger partial charge is 0.359 e. The molecule has 0 aliphatic heterocycles. The lowest BCUT2D eigenvalue weighted by molar-refractivity contribution is 0.0951. The summed E-state index contributed by atoms with van der Waals surface area (Å²) in [5.74, 6) is 0.485. The van der Waals surface area contributed by atoms with Crippen LogP contribution in [0.4, 0.5) is 0 Å². The third-order valence-electron chi connectivity index (χ3n) is 2.87. The summed E-state index contributed by atoms with van der Waals surface area (Å²) in [6.07, 6.45) is 0. The van der Waals surface area contributed by atoms with Gasteiger partial charge in [0.15, 0.2) is 5.76 Å². The average Bonchev–Trinajstić information content (AvgIpc) is 3.17. The lowest BCUT2D eigenvalue weighted by atomic mass is 10.1. The maximum Gasteiger partial charge on any atom is 0.261 e. The van der Waals surface area contributed by atoms with Crippen LogP contribution in [0, 0.1) is 0 Å². The minimum atomic E-state index is -0.116. The number of hydrogen-bond donors (Lipinski definition) is 1. The Morgan fingerprint density at radius 2 is 2.10 bits per heavy atom. The summed E-state index contributed by atoms with van der Waals surface area (Å²) < 4.78 is 5.22. The van der Waals surface area contributed by atoms with Crippen LogP contribution in [-0.4, -0.2) is 11.1 Å². The summed E-state index contributed by atoms with van der Waals surface area (Å²) >= 11 is 7.25. The molecule has 106 valence electrons. The van der Waals surface area contributed by atoms with Gasteiger partial charge in [0, 0.05) is 16.7 Å². The molecule has 0 aliphatic carbocycles. The number of benzene rings is 1. The van der Waals surface area contributed by atoms with E-state index in [4.69, 9.17) is 16.1 Å². The number of amides is 1. The highest BCUT2D eigenvalue weighted by Gasteiger charge is 2.10. The normalized spacial score (nSPS) is 10.5. The Bertz CT molecular complexity index is 735. The van der Waals surface area contributed by atoms with E-state index in [0.29, 0.717) is 27.9 Å². The van der Waals surface area contributed by atoms with Gasteiger partial charge in [0.25, 0.3) is 5.91 Å². The maximum atomic E-state index is 11.8. The first kappa shape index (κ1) is 13.9. The van der Waals surface area contributed by atoms with E-state index in [1.807, 2.05) is 23.6 Å². The predicted molar refractivity (Wildman–Crippen MR) is 82.4 cm³/mol. The molecule has 6 heteroatoms. The zero-order valence-electron chi connectivity index (χ0n) is 10.9. The summed E-state index contributed by atoms with van der Waals surface area (Å²) in [5, 5.41) is 9.32. The molecule has 4 nitrogen and oxygen atoms in total. The number of halogens is 1. The molecule has 21 heavy (non-hydrogen) atoms. The van der Waals surface area contributed by atoms with E-state index in [9.17, 15) is 4.79 Å². The fraction of sp³-hybridized carbons (Fsp3) is 0.0667. The van der Waals surface area contributed by atoms with Gasteiger partial charge in [-0.2, -0.15) is 0 Å². The van der Waals surface area contributed by atoms with Crippen molar-refractivity contribution in [3.05, 3.63) is 63.5 Å². The summed E-state index contributed by atoms with van der Waals surface area (Å²) in [7, 11) is 0. The number of carbonyl (C=O) groups is 1. The van der Waals surface area contributed by atoms with Gasteiger partial charge in [-0.05, 0) is 23.6 Å². The second-order valence-corrected chi connectivity index (χ2v) is 5.73. The Hall–Kier alpha value is -2.11. The van der Waals surface area contributed by atoms with Crippen LogP contribution < -0.4 is 5.32 Å². The molecule has 0 bridgehead atoms. The molecule has 2 heterocycles. The highest BCUT2D eigenvalue weighted by Crippen LogP contribution is 2.21. The Kier molecular flexibility index (Phi) is 4.03. The van der Waals surface area contributed by atoms with Gasteiger partial charge >= 0.3 is 0 Å². The number of aromatic nitrogens is 1. The third-order valence-corrected chi connectivity index (χ3v) is 3.99. The van der Waals surface area contributed by atoms with Crippen molar-refractivity contribution in [1.82, 2.24) is 10.5 Å². The van der Waals surface area contributed by atoms with Gasteiger partial charge < -0.3 is 9.84 Å². The van der Waals surface area contributed by atoms with Crippen LogP contribution in [0.2, 0.25) is 5.02 Å².